The molecule has 0 aliphatic carbocycles. The number of ether oxygens (including phenoxy) is 2. The van der Waals surface area contributed by atoms with Crippen LogP contribution >= 0.6 is 28.1 Å². The minimum atomic E-state index is 0.211. The van der Waals surface area contributed by atoms with Crippen molar-refractivity contribution in [1.82, 2.24) is 15.3 Å². The van der Waals surface area contributed by atoms with E-state index < -0.39 is 0 Å². The van der Waals surface area contributed by atoms with E-state index in [9.17, 15) is 0 Å². The van der Waals surface area contributed by atoms with Gasteiger partial charge in [-0.1, -0.05) is 6.07 Å². The molecular weight excluding hydrogens is 380 g/mol. The van der Waals surface area contributed by atoms with Crippen LogP contribution in [0.15, 0.2) is 41.4 Å². The monoisotopic (exact) mass is 398 g/mol. The largest absolute Gasteiger partial charge is 0.497 e. The van der Waals surface area contributed by atoms with Crippen molar-refractivity contribution in [2.24, 2.45) is 5.73 Å². The third kappa shape index (κ3) is 4.77. The first-order chi connectivity index (χ1) is 11.0. The second kappa shape index (κ2) is 8.07. The molecule has 1 heterocycles. The van der Waals surface area contributed by atoms with Gasteiger partial charge in [0.2, 0.25) is 0 Å². The molecule has 1 aliphatic heterocycles. The summed E-state index contributed by atoms with van der Waals surface area (Å²) in [5, 5.41) is 1.90. The van der Waals surface area contributed by atoms with Crippen LogP contribution in [0.25, 0.3) is 0 Å². The Bertz CT molecular complexity index is 636. The second-order valence-corrected chi connectivity index (χ2v) is 6.01. The van der Waals surface area contributed by atoms with Gasteiger partial charge in [0.15, 0.2) is 5.11 Å². The number of nitrogens with one attached hydrogen (secondary N) is 1. The summed E-state index contributed by atoms with van der Waals surface area (Å²) in [4.78, 5) is 2.07. The van der Waals surface area contributed by atoms with Crippen molar-refractivity contribution in [2.75, 3.05) is 20.8 Å². The minimum absolute atomic E-state index is 0.211. The molecule has 0 atom stereocenters. The summed E-state index contributed by atoms with van der Waals surface area (Å²) in [5.74, 6) is 1.60. The molecule has 23 heavy (non-hydrogen) atoms. The Balaban J connectivity index is 1.99. The predicted octanol–water partition coefficient (Wildman–Crippen LogP) is 2.28. The van der Waals surface area contributed by atoms with E-state index in [1.54, 1.807) is 19.2 Å². The molecule has 0 amide bonds. The van der Waals surface area contributed by atoms with E-state index in [2.05, 4.69) is 26.3 Å². The molecule has 2 rings (SSSR count). The van der Waals surface area contributed by atoms with E-state index in [1.165, 1.54) is 0 Å². The third-order valence-electron chi connectivity index (χ3n) is 3.28. The van der Waals surface area contributed by atoms with Crippen LogP contribution in [-0.2, 0) is 6.42 Å². The number of rotatable bonds is 6. The first-order valence-electron chi connectivity index (χ1n) is 6.91. The highest BCUT2D eigenvalue weighted by atomic mass is 79.9. The molecule has 0 aromatic heterocycles. The maximum Gasteiger partial charge on any atom is 0.183 e. The average molecular weight is 399 g/mol. The van der Waals surface area contributed by atoms with Crippen LogP contribution in [0.1, 0.15) is 5.56 Å². The minimum Gasteiger partial charge on any atom is -0.497 e. The molecule has 0 bridgehead atoms. The molecular formula is C15H19BrN4O2S. The summed E-state index contributed by atoms with van der Waals surface area (Å²) in [6.07, 6.45) is 6.45. The number of thiocarbonyl (C=S) groups is 1. The average Bonchev–Trinajstić information content (AvgIpc) is 2.53. The van der Waals surface area contributed by atoms with Gasteiger partial charge in [-0.2, -0.15) is 0 Å². The number of methoxy groups -OCH3 is 2. The lowest BCUT2D eigenvalue weighted by molar-refractivity contribution is 0.380. The van der Waals surface area contributed by atoms with E-state index in [-0.39, 0.29) is 5.11 Å². The molecule has 3 N–H and O–H groups in total. The Labute approximate surface area is 149 Å². The van der Waals surface area contributed by atoms with Crippen molar-refractivity contribution < 1.29 is 9.47 Å². The summed E-state index contributed by atoms with van der Waals surface area (Å²) in [7, 11) is 3.30. The van der Waals surface area contributed by atoms with E-state index >= 15 is 0 Å². The van der Waals surface area contributed by atoms with E-state index in [0.29, 0.717) is 0 Å². The van der Waals surface area contributed by atoms with Crippen molar-refractivity contribution in [3.63, 3.8) is 0 Å². The number of halogens is 1. The summed E-state index contributed by atoms with van der Waals surface area (Å²) in [5.41, 5.74) is 9.40. The van der Waals surface area contributed by atoms with Crippen molar-refractivity contribution in [2.45, 2.75) is 6.42 Å². The molecule has 8 heteroatoms. The first kappa shape index (κ1) is 17.4. The van der Waals surface area contributed by atoms with Crippen LogP contribution in [0.4, 0.5) is 0 Å². The first-order valence-corrected chi connectivity index (χ1v) is 8.11. The lowest BCUT2D eigenvalue weighted by Gasteiger charge is -2.28. The van der Waals surface area contributed by atoms with Crippen LogP contribution in [0.3, 0.4) is 0 Å². The molecule has 1 aromatic rings. The number of nitrogens with two attached hydrogens (primary N) is 1. The van der Waals surface area contributed by atoms with E-state index in [1.807, 2.05) is 36.8 Å². The van der Waals surface area contributed by atoms with Crippen molar-refractivity contribution >= 4 is 33.3 Å². The van der Waals surface area contributed by atoms with E-state index in [4.69, 9.17) is 27.4 Å². The number of hydrogen-bond acceptors (Lipinski definition) is 5. The summed E-state index contributed by atoms with van der Waals surface area (Å²) >= 11 is 8.35. The molecule has 6 nitrogen and oxygen atoms in total. The van der Waals surface area contributed by atoms with Gasteiger partial charge >= 0.3 is 0 Å². The maximum atomic E-state index is 5.46. The fourth-order valence-corrected chi connectivity index (χ4v) is 2.75. The summed E-state index contributed by atoms with van der Waals surface area (Å²) in [6.45, 7) is 0.789. The Morgan fingerprint density at radius 2 is 2.09 bits per heavy atom. The highest BCUT2D eigenvalue weighted by Crippen LogP contribution is 2.26. The molecule has 124 valence electrons. The maximum absolute atomic E-state index is 5.46. The number of hydrogen-bond donors (Lipinski definition) is 2. The Kier molecular flexibility index (Phi) is 6.12. The van der Waals surface area contributed by atoms with Gasteiger partial charge in [-0.05, 0) is 46.2 Å². The van der Waals surface area contributed by atoms with Crippen LogP contribution in [0, 0.1) is 0 Å². The van der Waals surface area contributed by atoms with Crippen LogP contribution in [0.2, 0.25) is 0 Å². The zero-order valence-corrected chi connectivity index (χ0v) is 15.4. The van der Waals surface area contributed by atoms with E-state index in [0.717, 1.165) is 34.6 Å². The Morgan fingerprint density at radius 1 is 1.30 bits per heavy atom. The van der Waals surface area contributed by atoms with Gasteiger partial charge in [-0.25, -0.2) is 0 Å². The van der Waals surface area contributed by atoms with Gasteiger partial charge in [0, 0.05) is 25.0 Å². The quantitative estimate of drug-likeness (QED) is 0.562. The number of nitrogens with zero attached hydrogens (tertiary/aromatic N) is 2. The highest BCUT2D eigenvalue weighted by molar-refractivity contribution is 9.11. The summed E-state index contributed by atoms with van der Waals surface area (Å²) < 4.78 is 11.5. The van der Waals surface area contributed by atoms with Crippen molar-refractivity contribution in [1.29, 1.82) is 0 Å². The molecule has 0 fully saturated rings. The second-order valence-electron chi connectivity index (χ2n) is 4.75. The fraction of sp³-hybridized carbons (Fsp3) is 0.267. The van der Waals surface area contributed by atoms with Gasteiger partial charge in [0.05, 0.1) is 20.4 Å². The third-order valence-corrected chi connectivity index (χ3v) is 4.03. The lowest BCUT2D eigenvalue weighted by Crippen LogP contribution is -2.40. The molecule has 1 aromatic carbocycles. The van der Waals surface area contributed by atoms with Gasteiger partial charge in [-0.15, -0.1) is 0 Å². The van der Waals surface area contributed by atoms with Crippen LogP contribution < -0.4 is 20.6 Å². The fourth-order valence-electron chi connectivity index (χ4n) is 2.13. The van der Waals surface area contributed by atoms with Crippen LogP contribution in [-0.4, -0.2) is 35.8 Å². The highest BCUT2D eigenvalue weighted by Gasteiger charge is 2.13. The molecule has 0 saturated heterocycles. The lowest BCUT2D eigenvalue weighted by atomic mass is 10.1. The number of benzene rings is 1. The molecule has 0 saturated carbocycles. The molecule has 1 aliphatic rings. The zero-order chi connectivity index (χ0) is 16.8. The summed E-state index contributed by atoms with van der Waals surface area (Å²) in [6, 6.07) is 5.84. The van der Waals surface area contributed by atoms with Crippen molar-refractivity contribution in [3.8, 4) is 11.5 Å². The van der Waals surface area contributed by atoms with Gasteiger partial charge in [0.25, 0.3) is 0 Å². The van der Waals surface area contributed by atoms with Gasteiger partial charge in [-0.3, -0.25) is 10.4 Å². The molecule has 0 radical (unpaired) electrons. The molecule has 0 unspecified atom stereocenters. The van der Waals surface area contributed by atoms with Gasteiger partial charge < -0.3 is 20.1 Å². The Morgan fingerprint density at radius 3 is 2.70 bits per heavy atom. The van der Waals surface area contributed by atoms with Crippen LogP contribution in [0.5, 0.6) is 11.5 Å². The Hall–Kier alpha value is -1.93. The van der Waals surface area contributed by atoms with Crippen molar-refractivity contribution in [3.05, 3.63) is 47.0 Å². The predicted molar refractivity (Wildman–Crippen MR) is 97.9 cm³/mol. The SMILES string of the molecule is COc1ccc(CCN2C=CN(NC(N)=S)C=C2Br)c(OC)c1. The van der Waals surface area contributed by atoms with Gasteiger partial charge in [0.1, 0.15) is 16.1 Å². The molecule has 0 spiro atoms. The smallest absolute Gasteiger partial charge is 0.183 e. The topological polar surface area (TPSA) is 63.0 Å². The zero-order valence-electron chi connectivity index (χ0n) is 13.0. The normalized spacial score (nSPS) is 13.6. The number of hydrazine groups is 1. The standard InChI is InChI=1S/C15H19BrN4O2S/c1-21-12-4-3-11(13(9-12)22-2)5-6-19-7-8-20(10-14(19)16)18-15(17)23/h3-4,7-10H,5-6H2,1-2H3,(H3,17,18,23).